The van der Waals surface area contributed by atoms with Gasteiger partial charge in [0.2, 0.25) is 0 Å². The van der Waals surface area contributed by atoms with E-state index in [1.807, 2.05) is 0 Å². The van der Waals surface area contributed by atoms with Crippen LogP contribution >= 0.6 is 0 Å². The smallest absolute Gasteiger partial charge is 0.0130 e. The molecular formula is C10H19N. The first kappa shape index (κ1) is 8.79. The molecule has 0 heterocycles. The largest absolute Gasteiger partial charge is 0.313 e. The van der Waals surface area contributed by atoms with Crippen LogP contribution in [-0.4, -0.2) is 12.6 Å². The highest BCUT2D eigenvalue weighted by Crippen LogP contribution is 2.17. The number of allylic oxidation sites excluding steroid dienone is 1. The first-order valence-electron chi connectivity index (χ1n) is 4.73. The molecule has 1 rings (SSSR count). The van der Waals surface area contributed by atoms with Gasteiger partial charge in [0.25, 0.3) is 0 Å². The quantitative estimate of drug-likeness (QED) is 0.614. The Labute approximate surface area is 69.9 Å². The maximum atomic E-state index is 3.57. The molecular weight excluding hydrogens is 134 g/mol. The van der Waals surface area contributed by atoms with Crippen molar-refractivity contribution in [2.75, 3.05) is 6.54 Å². The molecule has 0 radical (unpaired) electrons. The van der Waals surface area contributed by atoms with Crippen molar-refractivity contribution >= 4 is 0 Å². The lowest BCUT2D eigenvalue weighted by atomic mass is 9.91. The molecule has 2 unspecified atom stereocenters. The summed E-state index contributed by atoms with van der Waals surface area (Å²) in [5.41, 5.74) is 0. The zero-order chi connectivity index (χ0) is 8.10. The lowest BCUT2D eigenvalue weighted by Gasteiger charge is -2.26. The molecule has 0 amide bonds. The topological polar surface area (TPSA) is 12.0 Å². The molecule has 0 saturated heterocycles. The maximum Gasteiger partial charge on any atom is 0.0130 e. The summed E-state index contributed by atoms with van der Waals surface area (Å²) in [7, 11) is 0. The molecule has 64 valence electrons. The SMILES string of the molecule is CCCNC1CC=CCC1C. The Morgan fingerprint density at radius 1 is 1.36 bits per heavy atom. The Balaban J connectivity index is 2.26. The van der Waals surface area contributed by atoms with E-state index < -0.39 is 0 Å². The van der Waals surface area contributed by atoms with Gasteiger partial charge in [-0.2, -0.15) is 0 Å². The van der Waals surface area contributed by atoms with Crippen molar-refractivity contribution in [1.82, 2.24) is 5.32 Å². The minimum Gasteiger partial charge on any atom is -0.313 e. The van der Waals surface area contributed by atoms with E-state index in [9.17, 15) is 0 Å². The molecule has 11 heavy (non-hydrogen) atoms. The monoisotopic (exact) mass is 153 g/mol. The fraction of sp³-hybridized carbons (Fsp3) is 0.800. The van der Waals surface area contributed by atoms with Gasteiger partial charge in [0.1, 0.15) is 0 Å². The van der Waals surface area contributed by atoms with E-state index >= 15 is 0 Å². The van der Waals surface area contributed by atoms with Crippen molar-refractivity contribution in [3.05, 3.63) is 12.2 Å². The van der Waals surface area contributed by atoms with Crippen LogP contribution in [0.25, 0.3) is 0 Å². The molecule has 0 aromatic heterocycles. The van der Waals surface area contributed by atoms with E-state index in [1.54, 1.807) is 0 Å². The van der Waals surface area contributed by atoms with Gasteiger partial charge in [0.15, 0.2) is 0 Å². The third-order valence-corrected chi connectivity index (χ3v) is 2.41. The van der Waals surface area contributed by atoms with Crippen molar-refractivity contribution in [3.8, 4) is 0 Å². The molecule has 2 atom stereocenters. The van der Waals surface area contributed by atoms with E-state index in [-0.39, 0.29) is 0 Å². The second-order valence-corrected chi connectivity index (χ2v) is 3.48. The molecule has 0 bridgehead atoms. The Morgan fingerprint density at radius 2 is 2.09 bits per heavy atom. The van der Waals surface area contributed by atoms with Gasteiger partial charge >= 0.3 is 0 Å². The lowest BCUT2D eigenvalue weighted by molar-refractivity contribution is 0.368. The summed E-state index contributed by atoms with van der Waals surface area (Å²) in [6.07, 6.45) is 8.32. The van der Waals surface area contributed by atoms with Crippen molar-refractivity contribution < 1.29 is 0 Å². The molecule has 0 aliphatic heterocycles. The van der Waals surface area contributed by atoms with Gasteiger partial charge in [-0.1, -0.05) is 26.0 Å². The van der Waals surface area contributed by atoms with Crippen LogP contribution in [-0.2, 0) is 0 Å². The van der Waals surface area contributed by atoms with Crippen molar-refractivity contribution in [3.63, 3.8) is 0 Å². The van der Waals surface area contributed by atoms with Gasteiger partial charge in [0, 0.05) is 6.04 Å². The van der Waals surface area contributed by atoms with E-state index in [0.717, 1.165) is 12.0 Å². The average molecular weight is 153 g/mol. The molecule has 1 N–H and O–H groups in total. The molecule has 0 aromatic rings. The minimum absolute atomic E-state index is 0.736. The number of nitrogens with one attached hydrogen (secondary N) is 1. The van der Waals surface area contributed by atoms with Crippen LogP contribution in [0.3, 0.4) is 0 Å². The van der Waals surface area contributed by atoms with E-state index in [1.165, 1.54) is 25.8 Å². The van der Waals surface area contributed by atoms with E-state index in [2.05, 4.69) is 31.3 Å². The Morgan fingerprint density at radius 3 is 2.73 bits per heavy atom. The second-order valence-electron chi connectivity index (χ2n) is 3.48. The molecule has 1 aliphatic carbocycles. The third kappa shape index (κ3) is 2.66. The first-order valence-corrected chi connectivity index (χ1v) is 4.73. The summed E-state index contributed by atoms with van der Waals surface area (Å²) in [5, 5.41) is 3.57. The third-order valence-electron chi connectivity index (χ3n) is 2.41. The van der Waals surface area contributed by atoms with Crippen LogP contribution in [0.4, 0.5) is 0 Å². The van der Waals surface area contributed by atoms with Gasteiger partial charge < -0.3 is 5.32 Å². The zero-order valence-electron chi connectivity index (χ0n) is 7.64. The van der Waals surface area contributed by atoms with Crippen LogP contribution in [0, 0.1) is 5.92 Å². The van der Waals surface area contributed by atoms with Crippen LogP contribution in [0.2, 0.25) is 0 Å². The highest BCUT2D eigenvalue weighted by molar-refractivity contribution is 4.96. The number of rotatable bonds is 3. The average Bonchev–Trinajstić information content (AvgIpc) is 2.03. The van der Waals surface area contributed by atoms with Crippen molar-refractivity contribution in [2.45, 2.75) is 39.2 Å². The fourth-order valence-electron chi connectivity index (χ4n) is 1.56. The zero-order valence-corrected chi connectivity index (χ0v) is 7.64. The predicted octanol–water partition coefficient (Wildman–Crippen LogP) is 2.34. The molecule has 0 aromatic carbocycles. The van der Waals surface area contributed by atoms with Crippen LogP contribution in [0.15, 0.2) is 12.2 Å². The molecule has 1 aliphatic rings. The fourth-order valence-corrected chi connectivity index (χ4v) is 1.56. The molecule has 0 saturated carbocycles. The maximum absolute atomic E-state index is 3.57. The van der Waals surface area contributed by atoms with Gasteiger partial charge in [-0.15, -0.1) is 0 Å². The Bertz CT molecular complexity index is 129. The highest BCUT2D eigenvalue weighted by atomic mass is 14.9. The first-order chi connectivity index (χ1) is 5.34. The van der Waals surface area contributed by atoms with Crippen LogP contribution in [0.1, 0.15) is 33.1 Å². The number of hydrogen-bond donors (Lipinski definition) is 1. The normalized spacial score (nSPS) is 30.7. The Hall–Kier alpha value is -0.300. The second kappa shape index (κ2) is 4.55. The van der Waals surface area contributed by atoms with Crippen LogP contribution < -0.4 is 5.32 Å². The van der Waals surface area contributed by atoms with Crippen LogP contribution in [0.5, 0.6) is 0 Å². The van der Waals surface area contributed by atoms with Gasteiger partial charge in [-0.25, -0.2) is 0 Å². The molecule has 0 spiro atoms. The highest BCUT2D eigenvalue weighted by Gasteiger charge is 2.16. The molecule has 0 fully saturated rings. The van der Waals surface area contributed by atoms with Gasteiger partial charge in [0.05, 0.1) is 0 Å². The summed E-state index contributed by atoms with van der Waals surface area (Å²) >= 11 is 0. The molecule has 1 heteroatoms. The van der Waals surface area contributed by atoms with Gasteiger partial charge in [-0.05, 0) is 31.7 Å². The summed E-state index contributed by atoms with van der Waals surface area (Å²) in [4.78, 5) is 0. The summed E-state index contributed by atoms with van der Waals surface area (Å²) < 4.78 is 0. The summed E-state index contributed by atoms with van der Waals surface area (Å²) in [5.74, 6) is 0.826. The molecule has 1 nitrogen and oxygen atoms in total. The standard InChI is InChI=1S/C10H19N/c1-3-8-11-10-7-5-4-6-9(10)2/h4-5,9-11H,3,6-8H2,1-2H3. The van der Waals surface area contributed by atoms with Gasteiger partial charge in [-0.3, -0.25) is 0 Å². The van der Waals surface area contributed by atoms with E-state index in [0.29, 0.717) is 0 Å². The van der Waals surface area contributed by atoms with E-state index in [4.69, 9.17) is 0 Å². The summed E-state index contributed by atoms with van der Waals surface area (Å²) in [6.45, 7) is 5.72. The lowest BCUT2D eigenvalue weighted by Crippen LogP contribution is -2.36. The number of hydrogen-bond acceptors (Lipinski definition) is 1. The van der Waals surface area contributed by atoms with Crippen molar-refractivity contribution in [2.24, 2.45) is 5.92 Å². The Kier molecular flexibility index (Phi) is 3.64. The summed E-state index contributed by atoms with van der Waals surface area (Å²) in [6, 6.07) is 0.736. The minimum atomic E-state index is 0.736. The predicted molar refractivity (Wildman–Crippen MR) is 49.6 cm³/mol. The van der Waals surface area contributed by atoms with Crippen molar-refractivity contribution in [1.29, 1.82) is 0 Å².